The maximum atomic E-state index is 5.56. The molecule has 1 aliphatic rings. The number of para-hydroxylation sites is 2. The molecule has 0 bridgehead atoms. The summed E-state index contributed by atoms with van der Waals surface area (Å²) in [6.45, 7) is 3.30. The molecule has 1 aromatic heterocycles. The summed E-state index contributed by atoms with van der Waals surface area (Å²) < 4.78 is 3.18. The average molecular weight is 323 g/mol. The predicted octanol–water partition coefficient (Wildman–Crippen LogP) is 4.54. The van der Waals surface area contributed by atoms with Crippen LogP contribution in [-0.4, -0.2) is 27.5 Å². The summed E-state index contributed by atoms with van der Waals surface area (Å²) in [5, 5.41) is 0. The van der Waals surface area contributed by atoms with Gasteiger partial charge >= 0.3 is 0 Å². The van der Waals surface area contributed by atoms with Gasteiger partial charge in [0.1, 0.15) is 0 Å². The number of hydrogen-bond acceptors (Lipinski definition) is 2. The number of fused-ring (bicyclic) bond motifs is 1. The number of piperidine rings is 1. The Morgan fingerprint density at radius 2 is 1.65 bits per heavy atom. The van der Waals surface area contributed by atoms with Crippen LogP contribution in [0.5, 0.6) is 0 Å². The molecule has 2 aromatic carbocycles. The highest BCUT2D eigenvalue weighted by atomic mass is 32.1. The SMILES string of the molecule is S=c1[nH]c2ccccc2n1C1CCN(Cc2ccccc2)CC1. The molecule has 0 aliphatic carbocycles. The monoisotopic (exact) mass is 323 g/mol. The second-order valence-electron chi connectivity index (χ2n) is 6.31. The number of nitrogens with zero attached hydrogens (tertiary/aromatic N) is 2. The van der Waals surface area contributed by atoms with Crippen LogP contribution in [0.25, 0.3) is 11.0 Å². The fourth-order valence-electron chi connectivity index (χ4n) is 3.61. The lowest BCUT2D eigenvalue weighted by atomic mass is 10.0. The molecule has 0 unspecified atom stereocenters. The van der Waals surface area contributed by atoms with Gasteiger partial charge in [-0.3, -0.25) is 4.90 Å². The minimum absolute atomic E-state index is 0.505. The number of aromatic amines is 1. The number of imidazole rings is 1. The average Bonchev–Trinajstić information content (AvgIpc) is 2.92. The van der Waals surface area contributed by atoms with Crippen molar-refractivity contribution in [3.05, 3.63) is 64.9 Å². The Morgan fingerprint density at radius 1 is 0.957 bits per heavy atom. The first kappa shape index (κ1) is 14.7. The van der Waals surface area contributed by atoms with Gasteiger partial charge in [0, 0.05) is 25.7 Å². The van der Waals surface area contributed by atoms with Gasteiger partial charge in [-0.2, -0.15) is 0 Å². The van der Waals surface area contributed by atoms with Crippen LogP contribution < -0.4 is 0 Å². The molecule has 0 atom stereocenters. The molecule has 1 saturated heterocycles. The summed E-state index contributed by atoms with van der Waals surface area (Å²) in [5.74, 6) is 0. The Bertz CT molecular complexity index is 842. The Hall–Kier alpha value is -1.91. The molecule has 3 nitrogen and oxygen atoms in total. The van der Waals surface area contributed by atoms with Crippen LogP contribution in [-0.2, 0) is 6.54 Å². The summed E-state index contributed by atoms with van der Waals surface area (Å²) in [4.78, 5) is 5.89. The number of aromatic nitrogens is 2. The minimum atomic E-state index is 0.505. The maximum absolute atomic E-state index is 5.56. The molecule has 0 saturated carbocycles. The van der Waals surface area contributed by atoms with Crippen molar-refractivity contribution in [3.8, 4) is 0 Å². The van der Waals surface area contributed by atoms with E-state index in [-0.39, 0.29) is 0 Å². The van der Waals surface area contributed by atoms with Gasteiger partial charge in [0.05, 0.1) is 11.0 Å². The standard InChI is InChI=1S/C19H21N3S/c23-19-20-17-8-4-5-9-18(17)22(19)16-10-12-21(13-11-16)14-15-6-2-1-3-7-15/h1-9,16H,10-14H2,(H,20,23). The predicted molar refractivity (Wildman–Crippen MR) is 97.1 cm³/mol. The van der Waals surface area contributed by atoms with Crippen molar-refractivity contribution in [3.63, 3.8) is 0 Å². The Balaban J connectivity index is 1.49. The number of hydrogen-bond donors (Lipinski definition) is 1. The van der Waals surface area contributed by atoms with Gasteiger partial charge in [-0.15, -0.1) is 0 Å². The van der Waals surface area contributed by atoms with Crippen LogP contribution in [0, 0.1) is 4.77 Å². The van der Waals surface area contributed by atoms with E-state index in [1.54, 1.807) is 0 Å². The van der Waals surface area contributed by atoms with Gasteiger partial charge in [-0.25, -0.2) is 0 Å². The molecule has 1 aliphatic heterocycles. The van der Waals surface area contributed by atoms with E-state index in [4.69, 9.17) is 12.2 Å². The molecular formula is C19H21N3S. The van der Waals surface area contributed by atoms with Crippen LogP contribution in [0.1, 0.15) is 24.4 Å². The maximum Gasteiger partial charge on any atom is 0.178 e. The largest absolute Gasteiger partial charge is 0.331 e. The highest BCUT2D eigenvalue weighted by Crippen LogP contribution is 2.28. The zero-order chi connectivity index (χ0) is 15.6. The van der Waals surface area contributed by atoms with Crippen molar-refractivity contribution in [2.24, 2.45) is 0 Å². The lowest BCUT2D eigenvalue weighted by Crippen LogP contribution is -2.34. The van der Waals surface area contributed by atoms with Crippen LogP contribution in [0.3, 0.4) is 0 Å². The van der Waals surface area contributed by atoms with Crippen molar-refractivity contribution in [2.45, 2.75) is 25.4 Å². The smallest absolute Gasteiger partial charge is 0.178 e. The zero-order valence-corrected chi connectivity index (χ0v) is 13.9. The van der Waals surface area contributed by atoms with Crippen LogP contribution >= 0.6 is 12.2 Å². The second kappa shape index (κ2) is 6.30. The van der Waals surface area contributed by atoms with Crippen molar-refractivity contribution in [1.82, 2.24) is 14.5 Å². The molecule has 1 N–H and O–H groups in total. The summed E-state index contributed by atoms with van der Waals surface area (Å²) in [6.07, 6.45) is 2.31. The van der Waals surface area contributed by atoms with E-state index >= 15 is 0 Å². The minimum Gasteiger partial charge on any atom is -0.331 e. The molecule has 118 valence electrons. The first-order valence-electron chi connectivity index (χ1n) is 8.27. The lowest BCUT2D eigenvalue weighted by molar-refractivity contribution is 0.181. The fraction of sp³-hybridized carbons (Fsp3) is 0.316. The topological polar surface area (TPSA) is 24.0 Å². The molecule has 0 radical (unpaired) electrons. The summed E-state index contributed by atoms with van der Waals surface area (Å²) in [6, 6.07) is 19.7. The van der Waals surface area contributed by atoms with E-state index < -0.39 is 0 Å². The van der Waals surface area contributed by atoms with Crippen molar-refractivity contribution in [2.75, 3.05) is 13.1 Å². The fourth-order valence-corrected chi connectivity index (χ4v) is 3.97. The van der Waals surface area contributed by atoms with Crippen molar-refractivity contribution in [1.29, 1.82) is 0 Å². The first-order chi connectivity index (χ1) is 11.3. The summed E-state index contributed by atoms with van der Waals surface area (Å²) >= 11 is 5.56. The van der Waals surface area contributed by atoms with Gasteiger partial charge in [0.25, 0.3) is 0 Å². The lowest BCUT2D eigenvalue weighted by Gasteiger charge is -2.32. The first-order valence-corrected chi connectivity index (χ1v) is 8.67. The highest BCUT2D eigenvalue weighted by Gasteiger charge is 2.22. The van der Waals surface area contributed by atoms with Gasteiger partial charge in [0.2, 0.25) is 0 Å². The normalized spacial score (nSPS) is 16.9. The van der Waals surface area contributed by atoms with Crippen LogP contribution in [0.15, 0.2) is 54.6 Å². The number of H-pyrrole nitrogens is 1. The van der Waals surface area contributed by atoms with Gasteiger partial charge in [0.15, 0.2) is 4.77 Å². The quantitative estimate of drug-likeness (QED) is 0.716. The number of rotatable bonds is 3. The molecule has 0 amide bonds. The van der Waals surface area contributed by atoms with Gasteiger partial charge < -0.3 is 9.55 Å². The van der Waals surface area contributed by atoms with E-state index in [0.29, 0.717) is 6.04 Å². The van der Waals surface area contributed by atoms with Crippen LogP contribution in [0.2, 0.25) is 0 Å². The molecule has 23 heavy (non-hydrogen) atoms. The molecule has 0 spiro atoms. The number of benzene rings is 2. The Kier molecular flexibility index (Phi) is 4.02. The Labute approximate surface area is 141 Å². The zero-order valence-electron chi connectivity index (χ0n) is 13.1. The number of likely N-dealkylation sites (tertiary alicyclic amines) is 1. The molecule has 4 rings (SSSR count). The molecular weight excluding hydrogens is 302 g/mol. The Morgan fingerprint density at radius 3 is 2.43 bits per heavy atom. The van der Waals surface area contributed by atoms with Gasteiger partial charge in [-0.1, -0.05) is 42.5 Å². The third kappa shape index (κ3) is 2.96. The van der Waals surface area contributed by atoms with Gasteiger partial charge in [-0.05, 0) is 42.8 Å². The highest BCUT2D eigenvalue weighted by molar-refractivity contribution is 7.71. The molecule has 3 aromatic rings. The summed E-state index contributed by atoms with van der Waals surface area (Å²) in [5.41, 5.74) is 3.78. The van der Waals surface area contributed by atoms with E-state index in [2.05, 4.69) is 69.0 Å². The molecule has 2 heterocycles. The van der Waals surface area contributed by atoms with E-state index in [9.17, 15) is 0 Å². The third-order valence-corrected chi connectivity index (χ3v) is 5.09. The van der Waals surface area contributed by atoms with E-state index in [1.807, 2.05) is 0 Å². The number of nitrogens with one attached hydrogen (secondary N) is 1. The van der Waals surface area contributed by atoms with Crippen LogP contribution in [0.4, 0.5) is 0 Å². The van der Waals surface area contributed by atoms with Crippen molar-refractivity contribution < 1.29 is 0 Å². The van der Waals surface area contributed by atoms with Crippen molar-refractivity contribution >= 4 is 23.3 Å². The third-order valence-electron chi connectivity index (χ3n) is 4.80. The molecule has 1 fully saturated rings. The molecule has 4 heteroatoms. The van der Waals surface area contributed by atoms with E-state index in [1.165, 1.54) is 11.1 Å². The van der Waals surface area contributed by atoms with E-state index in [0.717, 1.165) is 42.8 Å². The second-order valence-corrected chi connectivity index (χ2v) is 6.70. The summed E-state index contributed by atoms with van der Waals surface area (Å²) in [7, 11) is 0.